The van der Waals surface area contributed by atoms with Crippen molar-refractivity contribution in [1.82, 2.24) is 10.2 Å². The second-order valence-electron chi connectivity index (χ2n) is 5.21. The fourth-order valence-corrected chi connectivity index (χ4v) is 2.09. The van der Waals surface area contributed by atoms with Crippen molar-refractivity contribution in [2.75, 3.05) is 7.05 Å². The molecule has 5 nitrogen and oxygen atoms in total. The van der Waals surface area contributed by atoms with E-state index in [1.165, 1.54) is 6.92 Å². The summed E-state index contributed by atoms with van der Waals surface area (Å²) in [6.45, 7) is 3.85. The molecule has 0 aliphatic rings. The largest absolute Gasteiger partial charge is 0.467 e. The van der Waals surface area contributed by atoms with E-state index >= 15 is 0 Å². The van der Waals surface area contributed by atoms with Crippen molar-refractivity contribution in [3.8, 4) is 0 Å². The molecule has 0 spiro atoms. The van der Waals surface area contributed by atoms with Crippen LogP contribution in [0.1, 0.15) is 41.6 Å². The quantitative estimate of drug-likeness (QED) is 0.923. The van der Waals surface area contributed by atoms with Gasteiger partial charge in [0.1, 0.15) is 5.76 Å². The number of nitrogens with zero attached hydrogens (tertiary/aromatic N) is 1. The van der Waals surface area contributed by atoms with Gasteiger partial charge in [-0.15, -0.1) is 0 Å². The number of nitrogens with one attached hydrogen (secondary N) is 1. The Kier molecular flexibility index (Phi) is 4.99. The Labute approximate surface area is 129 Å². The molecule has 2 amide bonds. The van der Waals surface area contributed by atoms with Crippen molar-refractivity contribution >= 4 is 11.8 Å². The van der Waals surface area contributed by atoms with Crippen LogP contribution in [0.4, 0.5) is 0 Å². The molecule has 0 saturated carbocycles. The standard InChI is InChI=1S/C17H20N2O3/c1-12(16-5-4-10-22-16)19(3)17(21)15-8-6-14(7-9-15)11-18-13(2)20/h4-10,12H,11H2,1-3H3,(H,18,20). The number of carbonyl (C=O) groups is 2. The van der Waals surface area contributed by atoms with E-state index in [-0.39, 0.29) is 17.9 Å². The number of amides is 2. The average Bonchev–Trinajstić information content (AvgIpc) is 3.05. The van der Waals surface area contributed by atoms with Crippen LogP contribution < -0.4 is 5.32 Å². The predicted octanol–water partition coefficient (Wildman–Crippen LogP) is 2.75. The van der Waals surface area contributed by atoms with Crippen LogP contribution in [0.3, 0.4) is 0 Å². The summed E-state index contributed by atoms with van der Waals surface area (Å²) in [6.07, 6.45) is 1.60. The number of furan rings is 1. The van der Waals surface area contributed by atoms with E-state index in [2.05, 4.69) is 5.32 Å². The lowest BCUT2D eigenvalue weighted by Crippen LogP contribution is -2.29. The number of carbonyl (C=O) groups excluding carboxylic acids is 2. The van der Waals surface area contributed by atoms with E-state index in [9.17, 15) is 9.59 Å². The van der Waals surface area contributed by atoms with Gasteiger partial charge in [-0.05, 0) is 36.8 Å². The third-order valence-corrected chi connectivity index (χ3v) is 3.60. The summed E-state index contributed by atoms with van der Waals surface area (Å²) in [5, 5.41) is 2.72. The van der Waals surface area contributed by atoms with Crippen molar-refractivity contribution in [3.63, 3.8) is 0 Å². The molecule has 0 bridgehead atoms. The molecule has 2 rings (SSSR count). The summed E-state index contributed by atoms with van der Waals surface area (Å²) in [5.41, 5.74) is 1.56. The maximum atomic E-state index is 12.5. The Morgan fingerprint density at radius 3 is 2.45 bits per heavy atom. The topological polar surface area (TPSA) is 62.6 Å². The Hall–Kier alpha value is -2.56. The van der Waals surface area contributed by atoms with Gasteiger partial charge in [0.15, 0.2) is 0 Å². The lowest BCUT2D eigenvalue weighted by Gasteiger charge is -2.23. The van der Waals surface area contributed by atoms with Crippen LogP contribution in [0.2, 0.25) is 0 Å². The first-order valence-electron chi connectivity index (χ1n) is 7.13. The van der Waals surface area contributed by atoms with Gasteiger partial charge in [0.2, 0.25) is 5.91 Å². The Morgan fingerprint density at radius 1 is 1.23 bits per heavy atom. The molecular formula is C17H20N2O3. The first-order chi connectivity index (χ1) is 10.5. The molecule has 1 aromatic carbocycles. The molecule has 1 unspecified atom stereocenters. The highest BCUT2D eigenvalue weighted by atomic mass is 16.3. The highest BCUT2D eigenvalue weighted by Gasteiger charge is 2.20. The summed E-state index contributed by atoms with van der Waals surface area (Å²) in [5.74, 6) is 0.597. The fourth-order valence-electron chi connectivity index (χ4n) is 2.09. The first-order valence-corrected chi connectivity index (χ1v) is 7.13. The van der Waals surface area contributed by atoms with Crippen LogP contribution in [0.15, 0.2) is 47.1 Å². The average molecular weight is 300 g/mol. The third-order valence-electron chi connectivity index (χ3n) is 3.60. The number of hydrogen-bond donors (Lipinski definition) is 1. The van der Waals surface area contributed by atoms with Gasteiger partial charge in [-0.2, -0.15) is 0 Å². The van der Waals surface area contributed by atoms with Gasteiger partial charge in [0, 0.05) is 26.1 Å². The van der Waals surface area contributed by atoms with E-state index in [0.717, 1.165) is 11.3 Å². The van der Waals surface area contributed by atoms with E-state index < -0.39 is 0 Å². The minimum Gasteiger partial charge on any atom is -0.467 e. The minimum atomic E-state index is -0.137. The third kappa shape index (κ3) is 3.75. The van der Waals surface area contributed by atoms with E-state index in [4.69, 9.17) is 4.42 Å². The van der Waals surface area contributed by atoms with E-state index in [0.29, 0.717) is 12.1 Å². The van der Waals surface area contributed by atoms with Gasteiger partial charge < -0.3 is 14.6 Å². The van der Waals surface area contributed by atoms with Crippen LogP contribution >= 0.6 is 0 Å². The van der Waals surface area contributed by atoms with Crippen LogP contribution in [0, 0.1) is 0 Å². The van der Waals surface area contributed by atoms with Crippen molar-refractivity contribution in [2.24, 2.45) is 0 Å². The minimum absolute atomic E-state index is 0.0741. The second kappa shape index (κ2) is 6.93. The highest BCUT2D eigenvalue weighted by molar-refractivity contribution is 5.94. The summed E-state index contributed by atoms with van der Waals surface area (Å²) < 4.78 is 5.34. The summed E-state index contributed by atoms with van der Waals surface area (Å²) in [7, 11) is 1.75. The second-order valence-corrected chi connectivity index (χ2v) is 5.21. The Morgan fingerprint density at radius 2 is 1.91 bits per heavy atom. The molecule has 1 atom stereocenters. The smallest absolute Gasteiger partial charge is 0.254 e. The summed E-state index contributed by atoms with van der Waals surface area (Å²) in [6, 6.07) is 10.7. The first kappa shape index (κ1) is 15.8. The van der Waals surface area contributed by atoms with Crippen LogP contribution in [-0.4, -0.2) is 23.8 Å². The van der Waals surface area contributed by atoms with Gasteiger partial charge >= 0.3 is 0 Å². The number of benzene rings is 1. The maximum absolute atomic E-state index is 12.5. The lowest BCUT2D eigenvalue weighted by atomic mass is 10.1. The van der Waals surface area contributed by atoms with Gasteiger partial charge in [-0.3, -0.25) is 9.59 Å². The van der Waals surface area contributed by atoms with Crippen LogP contribution in [-0.2, 0) is 11.3 Å². The molecular weight excluding hydrogens is 280 g/mol. The molecule has 0 radical (unpaired) electrons. The van der Waals surface area contributed by atoms with Crippen molar-refractivity contribution in [3.05, 3.63) is 59.5 Å². The molecule has 0 saturated heterocycles. The molecule has 1 aromatic heterocycles. The molecule has 1 heterocycles. The van der Waals surface area contributed by atoms with E-state index in [1.807, 2.05) is 25.1 Å². The monoisotopic (exact) mass is 300 g/mol. The fraction of sp³-hybridized carbons (Fsp3) is 0.294. The Balaban J connectivity index is 2.04. The van der Waals surface area contributed by atoms with Gasteiger partial charge in [0.05, 0.1) is 12.3 Å². The van der Waals surface area contributed by atoms with Crippen LogP contribution in [0.25, 0.3) is 0 Å². The normalized spacial score (nSPS) is 11.8. The molecule has 22 heavy (non-hydrogen) atoms. The zero-order chi connectivity index (χ0) is 16.1. The van der Waals surface area contributed by atoms with Crippen molar-refractivity contribution in [1.29, 1.82) is 0 Å². The Bertz CT molecular complexity index is 632. The SMILES string of the molecule is CC(=O)NCc1ccc(C(=O)N(C)C(C)c2ccco2)cc1. The van der Waals surface area contributed by atoms with Crippen molar-refractivity contribution in [2.45, 2.75) is 26.4 Å². The molecule has 2 aromatic rings. The molecule has 116 valence electrons. The zero-order valence-corrected chi connectivity index (χ0v) is 13.0. The zero-order valence-electron chi connectivity index (χ0n) is 13.0. The maximum Gasteiger partial charge on any atom is 0.254 e. The van der Waals surface area contributed by atoms with Gasteiger partial charge in [-0.1, -0.05) is 12.1 Å². The number of rotatable bonds is 5. The van der Waals surface area contributed by atoms with Crippen LogP contribution in [0.5, 0.6) is 0 Å². The highest BCUT2D eigenvalue weighted by Crippen LogP contribution is 2.21. The van der Waals surface area contributed by atoms with E-state index in [1.54, 1.807) is 36.4 Å². The summed E-state index contributed by atoms with van der Waals surface area (Å²) >= 11 is 0. The molecule has 5 heteroatoms. The molecule has 0 fully saturated rings. The van der Waals surface area contributed by atoms with Gasteiger partial charge in [0.25, 0.3) is 5.91 Å². The molecule has 0 aliphatic heterocycles. The predicted molar refractivity (Wildman–Crippen MR) is 83.2 cm³/mol. The lowest BCUT2D eigenvalue weighted by molar-refractivity contribution is -0.119. The number of hydrogen-bond acceptors (Lipinski definition) is 3. The summed E-state index contributed by atoms with van der Waals surface area (Å²) in [4.78, 5) is 25.0. The van der Waals surface area contributed by atoms with Crippen molar-refractivity contribution < 1.29 is 14.0 Å². The molecule has 0 aliphatic carbocycles. The molecule has 1 N–H and O–H groups in total. The van der Waals surface area contributed by atoms with Gasteiger partial charge in [-0.25, -0.2) is 0 Å².